The number of nitrogens with one attached hydrogen (secondary N) is 1. The molecular weight excluding hydrogens is 184 g/mol. The van der Waals surface area contributed by atoms with Crippen LogP contribution in [0.3, 0.4) is 0 Å². The average molecular weight is 196 g/mol. The van der Waals surface area contributed by atoms with Gasteiger partial charge in [-0.15, -0.1) is 5.10 Å². The third-order valence-corrected chi connectivity index (χ3v) is 2.19. The summed E-state index contributed by atoms with van der Waals surface area (Å²) in [6, 6.07) is 0.372. The average Bonchev–Trinajstić information content (AvgIpc) is 2.59. The summed E-state index contributed by atoms with van der Waals surface area (Å²) in [5.41, 5.74) is 0. The minimum Gasteiger partial charge on any atom is -0.463 e. The van der Waals surface area contributed by atoms with Crippen LogP contribution in [-0.2, 0) is 11.3 Å². The van der Waals surface area contributed by atoms with E-state index in [-0.39, 0.29) is 5.82 Å². The Hall–Kier alpha value is -1.59. The molecule has 1 aliphatic rings. The van der Waals surface area contributed by atoms with Crippen LogP contribution in [0.15, 0.2) is 0 Å². The molecule has 0 amide bonds. The Labute approximate surface area is 81.3 Å². The molecule has 1 unspecified atom stereocenters. The second kappa shape index (κ2) is 3.28. The minimum absolute atomic E-state index is 0.115. The van der Waals surface area contributed by atoms with E-state index in [0.717, 1.165) is 13.0 Å². The summed E-state index contributed by atoms with van der Waals surface area (Å²) >= 11 is 0. The zero-order chi connectivity index (χ0) is 10.1. The first-order valence-corrected chi connectivity index (χ1v) is 4.50. The third kappa shape index (κ3) is 1.43. The van der Waals surface area contributed by atoms with E-state index in [1.807, 2.05) is 0 Å². The highest BCUT2D eigenvalue weighted by Crippen LogP contribution is 2.15. The van der Waals surface area contributed by atoms with Crippen molar-refractivity contribution in [1.82, 2.24) is 14.8 Å². The lowest BCUT2D eigenvalue weighted by atomic mass is 10.2. The fourth-order valence-corrected chi connectivity index (χ4v) is 1.39. The third-order valence-electron chi connectivity index (χ3n) is 2.19. The maximum Gasteiger partial charge on any atom is 0.378 e. The standard InChI is InChI=1S/C8H12N4O2/c1-5-3-4-12-8(9-5)10-6(11-12)7(13)14-2/h5H,3-4H2,1-2H3,(H,9,10,11). The number of hydrogen-bond donors (Lipinski definition) is 1. The number of rotatable bonds is 1. The Kier molecular flexibility index (Phi) is 2.11. The molecule has 0 fully saturated rings. The van der Waals surface area contributed by atoms with E-state index in [2.05, 4.69) is 27.1 Å². The predicted octanol–water partition coefficient (Wildman–Crippen LogP) is 0.269. The number of fused-ring (bicyclic) bond motifs is 1. The zero-order valence-electron chi connectivity index (χ0n) is 8.15. The number of aryl methyl sites for hydroxylation is 1. The molecule has 6 heteroatoms. The topological polar surface area (TPSA) is 69.0 Å². The van der Waals surface area contributed by atoms with Crippen molar-refractivity contribution in [1.29, 1.82) is 0 Å². The number of nitrogens with zero attached hydrogens (tertiary/aromatic N) is 3. The first-order valence-electron chi connectivity index (χ1n) is 4.50. The predicted molar refractivity (Wildman–Crippen MR) is 49.1 cm³/mol. The summed E-state index contributed by atoms with van der Waals surface area (Å²) in [6.45, 7) is 2.85. The monoisotopic (exact) mass is 196 g/mol. The van der Waals surface area contributed by atoms with E-state index in [1.165, 1.54) is 7.11 Å². The normalized spacial score (nSPS) is 19.7. The van der Waals surface area contributed by atoms with E-state index in [9.17, 15) is 4.79 Å². The van der Waals surface area contributed by atoms with E-state index < -0.39 is 5.97 Å². The van der Waals surface area contributed by atoms with Crippen LogP contribution in [0.4, 0.5) is 5.95 Å². The van der Waals surface area contributed by atoms with Gasteiger partial charge in [-0.05, 0) is 13.3 Å². The Morgan fingerprint density at radius 1 is 1.71 bits per heavy atom. The van der Waals surface area contributed by atoms with Crippen molar-refractivity contribution in [2.75, 3.05) is 12.4 Å². The smallest absolute Gasteiger partial charge is 0.378 e. The molecule has 0 saturated heterocycles. The molecule has 1 aliphatic heterocycles. The van der Waals surface area contributed by atoms with Crippen LogP contribution in [-0.4, -0.2) is 33.9 Å². The number of anilines is 1. The van der Waals surface area contributed by atoms with E-state index in [4.69, 9.17) is 0 Å². The minimum atomic E-state index is -0.499. The molecule has 1 aromatic heterocycles. The van der Waals surface area contributed by atoms with Crippen molar-refractivity contribution in [3.05, 3.63) is 5.82 Å². The van der Waals surface area contributed by atoms with Crippen molar-refractivity contribution in [3.63, 3.8) is 0 Å². The van der Waals surface area contributed by atoms with Gasteiger partial charge in [-0.25, -0.2) is 9.48 Å². The van der Waals surface area contributed by atoms with Gasteiger partial charge in [0.15, 0.2) is 0 Å². The van der Waals surface area contributed by atoms with Gasteiger partial charge >= 0.3 is 5.97 Å². The van der Waals surface area contributed by atoms with Crippen LogP contribution in [0.25, 0.3) is 0 Å². The number of carbonyl (C=O) groups excluding carboxylic acids is 1. The number of hydrogen-bond acceptors (Lipinski definition) is 5. The van der Waals surface area contributed by atoms with Gasteiger partial charge in [0.2, 0.25) is 5.95 Å². The van der Waals surface area contributed by atoms with Crippen LogP contribution in [0.1, 0.15) is 24.0 Å². The zero-order valence-corrected chi connectivity index (χ0v) is 8.15. The van der Waals surface area contributed by atoms with Crippen molar-refractivity contribution in [3.8, 4) is 0 Å². The van der Waals surface area contributed by atoms with Gasteiger partial charge in [0.05, 0.1) is 7.11 Å². The summed E-state index contributed by atoms with van der Waals surface area (Å²) < 4.78 is 6.22. The fourth-order valence-electron chi connectivity index (χ4n) is 1.39. The number of esters is 1. The Morgan fingerprint density at radius 3 is 3.21 bits per heavy atom. The van der Waals surface area contributed by atoms with E-state index >= 15 is 0 Å². The molecule has 0 spiro atoms. The number of carbonyl (C=O) groups is 1. The molecule has 2 rings (SSSR count). The summed E-state index contributed by atoms with van der Waals surface area (Å²) in [4.78, 5) is 15.2. The lowest BCUT2D eigenvalue weighted by Gasteiger charge is -2.20. The molecule has 76 valence electrons. The van der Waals surface area contributed by atoms with Gasteiger partial charge in [0, 0.05) is 12.6 Å². The highest BCUT2D eigenvalue weighted by atomic mass is 16.5. The van der Waals surface area contributed by atoms with Crippen LogP contribution >= 0.6 is 0 Å². The quantitative estimate of drug-likeness (QED) is 0.653. The summed E-state index contributed by atoms with van der Waals surface area (Å²) in [5.74, 6) is 0.259. The number of aromatic nitrogens is 3. The molecule has 1 atom stereocenters. The Bertz CT molecular complexity index is 360. The SMILES string of the molecule is COC(=O)c1nc2n(n1)CCC(C)N2. The summed E-state index contributed by atoms with van der Waals surface area (Å²) in [6.07, 6.45) is 0.983. The van der Waals surface area contributed by atoms with Crippen molar-refractivity contribution in [2.24, 2.45) is 0 Å². The molecule has 0 aliphatic carbocycles. The van der Waals surface area contributed by atoms with Gasteiger partial charge in [0.25, 0.3) is 5.82 Å². The number of ether oxygens (including phenoxy) is 1. The van der Waals surface area contributed by atoms with Gasteiger partial charge in [-0.2, -0.15) is 4.98 Å². The van der Waals surface area contributed by atoms with Crippen molar-refractivity contribution in [2.45, 2.75) is 25.9 Å². The maximum atomic E-state index is 11.1. The largest absolute Gasteiger partial charge is 0.463 e. The fraction of sp³-hybridized carbons (Fsp3) is 0.625. The van der Waals surface area contributed by atoms with Crippen LogP contribution < -0.4 is 5.32 Å². The molecule has 2 heterocycles. The molecule has 1 N–H and O–H groups in total. The highest BCUT2D eigenvalue weighted by Gasteiger charge is 2.21. The second-order valence-corrected chi connectivity index (χ2v) is 3.31. The van der Waals surface area contributed by atoms with Crippen LogP contribution in [0, 0.1) is 0 Å². The first-order chi connectivity index (χ1) is 6.70. The molecule has 14 heavy (non-hydrogen) atoms. The molecule has 0 aromatic carbocycles. The van der Waals surface area contributed by atoms with Gasteiger partial charge in [-0.1, -0.05) is 0 Å². The van der Waals surface area contributed by atoms with Crippen LogP contribution in [0.5, 0.6) is 0 Å². The van der Waals surface area contributed by atoms with Crippen molar-refractivity contribution < 1.29 is 9.53 Å². The van der Waals surface area contributed by atoms with E-state index in [0.29, 0.717) is 12.0 Å². The molecule has 1 aromatic rings. The maximum absolute atomic E-state index is 11.1. The first kappa shape index (κ1) is 8.98. The van der Waals surface area contributed by atoms with E-state index in [1.54, 1.807) is 4.68 Å². The molecule has 0 saturated carbocycles. The van der Waals surface area contributed by atoms with Crippen LogP contribution in [0.2, 0.25) is 0 Å². The highest BCUT2D eigenvalue weighted by molar-refractivity contribution is 5.85. The second-order valence-electron chi connectivity index (χ2n) is 3.31. The molecule has 0 radical (unpaired) electrons. The van der Waals surface area contributed by atoms with Gasteiger partial charge in [0.1, 0.15) is 0 Å². The number of methoxy groups -OCH3 is 1. The lowest BCUT2D eigenvalue weighted by molar-refractivity contribution is 0.0586. The van der Waals surface area contributed by atoms with Gasteiger partial charge < -0.3 is 10.1 Å². The summed E-state index contributed by atoms with van der Waals surface area (Å²) in [5, 5.41) is 7.17. The lowest BCUT2D eigenvalue weighted by Crippen LogP contribution is -2.26. The van der Waals surface area contributed by atoms with Crippen molar-refractivity contribution >= 4 is 11.9 Å². The molecule has 6 nitrogen and oxygen atoms in total. The Balaban J connectivity index is 2.27. The Morgan fingerprint density at radius 2 is 2.50 bits per heavy atom. The molecular formula is C8H12N4O2. The summed E-state index contributed by atoms with van der Waals surface area (Å²) in [7, 11) is 1.32. The molecule has 0 bridgehead atoms. The van der Waals surface area contributed by atoms with Gasteiger partial charge in [-0.3, -0.25) is 0 Å².